The highest BCUT2D eigenvalue weighted by molar-refractivity contribution is 5.74. The summed E-state index contributed by atoms with van der Waals surface area (Å²) >= 11 is 0. The molecule has 0 aromatic heterocycles. The Hall–Kier alpha value is -0.610. The number of methoxy groups -OCH3 is 1. The Morgan fingerprint density at radius 3 is 2.54 bits per heavy atom. The van der Waals surface area contributed by atoms with Crippen LogP contribution in [-0.4, -0.2) is 29.8 Å². The van der Waals surface area contributed by atoms with Crippen molar-refractivity contribution in [1.82, 2.24) is 0 Å². The Bertz CT molecular complexity index is 185. The SMILES string of the molecule is COC1CCC(O)(CC(N)=O)CC1. The predicted molar refractivity (Wildman–Crippen MR) is 48.0 cm³/mol. The van der Waals surface area contributed by atoms with Crippen LogP contribution in [0.3, 0.4) is 0 Å². The molecule has 0 heterocycles. The molecule has 76 valence electrons. The minimum atomic E-state index is -0.874. The van der Waals surface area contributed by atoms with Gasteiger partial charge in [-0.3, -0.25) is 4.79 Å². The third kappa shape index (κ3) is 2.97. The normalized spacial score (nSPS) is 34.5. The molecular formula is C9H17NO3. The van der Waals surface area contributed by atoms with Gasteiger partial charge in [0.1, 0.15) is 0 Å². The molecule has 0 aromatic carbocycles. The topological polar surface area (TPSA) is 72.6 Å². The van der Waals surface area contributed by atoms with Gasteiger partial charge in [-0.1, -0.05) is 0 Å². The molecule has 4 nitrogen and oxygen atoms in total. The number of hydrogen-bond acceptors (Lipinski definition) is 3. The Kier molecular flexibility index (Phi) is 3.27. The summed E-state index contributed by atoms with van der Waals surface area (Å²) in [6.45, 7) is 0. The molecule has 0 atom stereocenters. The highest BCUT2D eigenvalue weighted by Gasteiger charge is 2.34. The quantitative estimate of drug-likeness (QED) is 0.662. The number of carbonyl (C=O) groups is 1. The van der Waals surface area contributed by atoms with E-state index in [1.54, 1.807) is 7.11 Å². The minimum Gasteiger partial charge on any atom is -0.389 e. The van der Waals surface area contributed by atoms with Crippen molar-refractivity contribution in [3.8, 4) is 0 Å². The maximum atomic E-state index is 10.7. The van der Waals surface area contributed by atoms with Crippen molar-refractivity contribution in [2.75, 3.05) is 7.11 Å². The first-order valence-corrected chi connectivity index (χ1v) is 4.59. The van der Waals surface area contributed by atoms with Gasteiger partial charge >= 0.3 is 0 Å². The number of amides is 1. The molecule has 0 aromatic rings. The molecular weight excluding hydrogens is 170 g/mol. The number of aliphatic hydroxyl groups is 1. The monoisotopic (exact) mass is 187 g/mol. The smallest absolute Gasteiger partial charge is 0.220 e. The van der Waals surface area contributed by atoms with Crippen molar-refractivity contribution in [2.24, 2.45) is 5.73 Å². The minimum absolute atomic E-state index is 0.0729. The molecule has 0 aliphatic heterocycles. The fraction of sp³-hybridized carbons (Fsp3) is 0.889. The van der Waals surface area contributed by atoms with Crippen LogP contribution in [0, 0.1) is 0 Å². The molecule has 1 aliphatic carbocycles. The number of ether oxygens (including phenoxy) is 1. The summed E-state index contributed by atoms with van der Waals surface area (Å²) in [6.07, 6.45) is 3.13. The lowest BCUT2D eigenvalue weighted by Crippen LogP contribution is -2.39. The molecule has 3 N–H and O–H groups in total. The number of carbonyl (C=O) groups excluding carboxylic acids is 1. The van der Waals surface area contributed by atoms with Gasteiger partial charge in [0, 0.05) is 7.11 Å². The van der Waals surface area contributed by atoms with E-state index in [4.69, 9.17) is 10.5 Å². The highest BCUT2D eigenvalue weighted by atomic mass is 16.5. The van der Waals surface area contributed by atoms with Gasteiger partial charge < -0.3 is 15.6 Å². The first kappa shape index (κ1) is 10.5. The van der Waals surface area contributed by atoms with Crippen LogP contribution in [0.25, 0.3) is 0 Å². The van der Waals surface area contributed by atoms with Crippen molar-refractivity contribution < 1.29 is 14.6 Å². The van der Waals surface area contributed by atoms with Gasteiger partial charge in [-0.05, 0) is 25.7 Å². The lowest BCUT2D eigenvalue weighted by atomic mass is 9.81. The maximum absolute atomic E-state index is 10.7. The highest BCUT2D eigenvalue weighted by Crippen LogP contribution is 2.31. The Morgan fingerprint density at radius 1 is 1.62 bits per heavy atom. The molecule has 1 fully saturated rings. The van der Waals surface area contributed by atoms with E-state index in [0.29, 0.717) is 12.8 Å². The largest absolute Gasteiger partial charge is 0.389 e. The van der Waals surface area contributed by atoms with Gasteiger partial charge in [-0.2, -0.15) is 0 Å². The fourth-order valence-electron chi connectivity index (χ4n) is 1.87. The zero-order valence-electron chi connectivity index (χ0n) is 7.95. The number of primary amides is 1. The second-order valence-electron chi connectivity index (χ2n) is 3.80. The number of rotatable bonds is 3. The van der Waals surface area contributed by atoms with Crippen LogP contribution in [-0.2, 0) is 9.53 Å². The second-order valence-corrected chi connectivity index (χ2v) is 3.80. The Morgan fingerprint density at radius 2 is 2.15 bits per heavy atom. The summed E-state index contributed by atoms with van der Waals surface area (Å²) in [4.78, 5) is 10.7. The van der Waals surface area contributed by atoms with Crippen molar-refractivity contribution in [3.63, 3.8) is 0 Å². The molecule has 13 heavy (non-hydrogen) atoms. The van der Waals surface area contributed by atoms with Gasteiger partial charge in [0.2, 0.25) is 5.91 Å². The molecule has 1 aliphatic rings. The maximum Gasteiger partial charge on any atom is 0.220 e. The summed E-state index contributed by atoms with van der Waals surface area (Å²) in [7, 11) is 1.67. The fourth-order valence-corrected chi connectivity index (χ4v) is 1.87. The van der Waals surface area contributed by atoms with Crippen LogP contribution in [0.2, 0.25) is 0 Å². The van der Waals surface area contributed by atoms with Crippen LogP contribution in [0.1, 0.15) is 32.1 Å². The first-order chi connectivity index (χ1) is 6.06. The van der Waals surface area contributed by atoms with E-state index in [1.807, 2.05) is 0 Å². The van der Waals surface area contributed by atoms with E-state index in [-0.39, 0.29) is 12.5 Å². The van der Waals surface area contributed by atoms with E-state index >= 15 is 0 Å². The average molecular weight is 187 g/mol. The number of hydrogen-bond donors (Lipinski definition) is 2. The molecule has 4 heteroatoms. The third-order valence-corrected chi connectivity index (χ3v) is 2.70. The summed E-state index contributed by atoms with van der Waals surface area (Å²) in [5, 5.41) is 9.90. The summed E-state index contributed by atoms with van der Waals surface area (Å²) in [5.74, 6) is -0.432. The van der Waals surface area contributed by atoms with Crippen LogP contribution < -0.4 is 5.73 Å². The zero-order valence-corrected chi connectivity index (χ0v) is 7.95. The molecule has 1 rings (SSSR count). The van der Waals surface area contributed by atoms with Crippen LogP contribution in [0.4, 0.5) is 0 Å². The van der Waals surface area contributed by atoms with E-state index in [1.165, 1.54) is 0 Å². The van der Waals surface area contributed by atoms with Gasteiger partial charge in [-0.15, -0.1) is 0 Å². The lowest BCUT2D eigenvalue weighted by Gasteiger charge is -2.34. The van der Waals surface area contributed by atoms with Crippen molar-refractivity contribution in [2.45, 2.75) is 43.8 Å². The van der Waals surface area contributed by atoms with Crippen LogP contribution >= 0.6 is 0 Å². The predicted octanol–water partition coefficient (Wildman–Crippen LogP) is 0.182. The summed E-state index contributed by atoms with van der Waals surface area (Å²) in [5.41, 5.74) is 4.17. The van der Waals surface area contributed by atoms with Gasteiger partial charge in [0.05, 0.1) is 18.1 Å². The van der Waals surface area contributed by atoms with Crippen molar-refractivity contribution in [1.29, 1.82) is 0 Å². The Labute approximate surface area is 78.1 Å². The van der Waals surface area contributed by atoms with E-state index in [2.05, 4.69) is 0 Å². The van der Waals surface area contributed by atoms with Gasteiger partial charge in [-0.25, -0.2) is 0 Å². The molecule has 0 spiro atoms. The van der Waals surface area contributed by atoms with Crippen molar-refractivity contribution >= 4 is 5.91 Å². The first-order valence-electron chi connectivity index (χ1n) is 4.59. The third-order valence-electron chi connectivity index (χ3n) is 2.70. The molecule has 0 radical (unpaired) electrons. The van der Waals surface area contributed by atoms with Crippen LogP contribution in [0.15, 0.2) is 0 Å². The summed E-state index contributed by atoms with van der Waals surface area (Å²) < 4.78 is 5.16. The van der Waals surface area contributed by atoms with E-state index < -0.39 is 11.5 Å². The Balaban J connectivity index is 2.41. The van der Waals surface area contributed by atoms with Crippen molar-refractivity contribution in [3.05, 3.63) is 0 Å². The molecule has 1 amide bonds. The second kappa shape index (κ2) is 4.07. The molecule has 0 saturated heterocycles. The van der Waals surface area contributed by atoms with Gasteiger partial charge in [0.25, 0.3) is 0 Å². The molecule has 0 bridgehead atoms. The standard InChI is InChI=1S/C9H17NO3/c1-13-7-2-4-9(12,5-3-7)6-8(10)11/h7,12H,2-6H2,1H3,(H2,10,11). The van der Waals surface area contributed by atoms with E-state index in [0.717, 1.165) is 12.8 Å². The van der Waals surface area contributed by atoms with Gasteiger partial charge in [0.15, 0.2) is 0 Å². The molecule has 1 saturated carbocycles. The zero-order chi connectivity index (χ0) is 9.90. The number of nitrogens with two attached hydrogens (primary N) is 1. The lowest BCUT2D eigenvalue weighted by molar-refractivity contribution is -0.125. The average Bonchev–Trinajstić information content (AvgIpc) is 2.04. The molecule has 0 unspecified atom stereocenters. The van der Waals surface area contributed by atoms with Crippen LogP contribution in [0.5, 0.6) is 0 Å². The summed E-state index contributed by atoms with van der Waals surface area (Å²) in [6, 6.07) is 0. The van der Waals surface area contributed by atoms with E-state index in [9.17, 15) is 9.90 Å².